The van der Waals surface area contributed by atoms with Crippen LogP contribution < -0.4 is 9.47 Å². The number of ether oxygens (including phenoxy) is 3. The van der Waals surface area contributed by atoms with Gasteiger partial charge in [0.05, 0.1) is 36.8 Å². The zero-order chi connectivity index (χ0) is 25.5. The summed E-state index contributed by atoms with van der Waals surface area (Å²) in [6.07, 6.45) is 2.53. The van der Waals surface area contributed by atoms with Crippen LogP contribution in [0.15, 0.2) is 54.6 Å². The van der Waals surface area contributed by atoms with E-state index in [-0.39, 0.29) is 0 Å². The molecule has 7 heteroatoms. The molecule has 0 aliphatic heterocycles. The third-order valence-corrected chi connectivity index (χ3v) is 6.26. The van der Waals surface area contributed by atoms with E-state index < -0.39 is 6.10 Å². The molecule has 1 atom stereocenters. The second kappa shape index (κ2) is 12.4. The largest absolute Gasteiger partial charge is 0.497 e. The first-order chi connectivity index (χ1) is 17.5. The van der Waals surface area contributed by atoms with Gasteiger partial charge < -0.3 is 19.3 Å². The van der Waals surface area contributed by atoms with Gasteiger partial charge in [-0.1, -0.05) is 39.0 Å². The molecule has 1 saturated carbocycles. The van der Waals surface area contributed by atoms with E-state index in [4.69, 9.17) is 19.3 Å². The molecule has 1 aliphatic carbocycles. The quantitative estimate of drug-likeness (QED) is 0.332. The molecule has 0 bridgehead atoms. The van der Waals surface area contributed by atoms with Crippen LogP contribution in [0.1, 0.15) is 44.9 Å². The maximum Gasteiger partial charge on any atom is 0.227 e. The molecule has 0 spiro atoms. The van der Waals surface area contributed by atoms with Gasteiger partial charge in [-0.2, -0.15) is 5.10 Å². The average Bonchev–Trinajstić information content (AvgIpc) is 3.68. The number of aliphatic hydroxyl groups excluding tert-OH is 1. The Kier molecular flexibility index (Phi) is 9.02. The molecular formula is C29H39N3O4. The average molecular weight is 494 g/mol. The second-order valence-electron chi connectivity index (χ2n) is 9.85. The summed E-state index contributed by atoms with van der Waals surface area (Å²) in [6, 6.07) is 18.1. The van der Waals surface area contributed by atoms with E-state index in [2.05, 4.69) is 25.7 Å². The van der Waals surface area contributed by atoms with Crippen molar-refractivity contribution in [3.63, 3.8) is 0 Å². The summed E-state index contributed by atoms with van der Waals surface area (Å²) in [5.74, 6) is 2.66. The lowest BCUT2D eigenvalue weighted by molar-refractivity contribution is 0.00535. The lowest BCUT2D eigenvalue weighted by Crippen LogP contribution is -2.36. The van der Waals surface area contributed by atoms with Crippen LogP contribution in [0.4, 0.5) is 0 Å². The van der Waals surface area contributed by atoms with Gasteiger partial charge in [-0.05, 0) is 61.6 Å². The number of para-hydroxylation sites is 1. The standard InChI is InChI=1S/C29H39N3O4/c1-5-28-27(18-31(22-11-12-22)17-24(33)20-35-19-21(2)3)29(32(30-28)23-9-7-6-8-10-23)36-26-15-13-25(34-4)14-16-26/h6-10,13-16,21-22,24,33H,5,11-12,17-20H2,1-4H3. The van der Waals surface area contributed by atoms with Gasteiger partial charge in [0.1, 0.15) is 11.5 Å². The molecule has 1 aromatic heterocycles. The molecule has 1 unspecified atom stereocenters. The summed E-state index contributed by atoms with van der Waals surface area (Å²) in [5, 5.41) is 15.7. The van der Waals surface area contributed by atoms with Crippen LogP contribution in [-0.4, -0.2) is 58.8 Å². The maximum absolute atomic E-state index is 10.7. The Morgan fingerprint density at radius 1 is 1.03 bits per heavy atom. The highest BCUT2D eigenvalue weighted by atomic mass is 16.5. The number of aromatic nitrogens is 2. The third-order valence-electron chi connectivity index (χ3n) is 6.26. The highest BCUT2D eigenvalue weighted by Crippen LogP contribution is 2.36. The summed E-state index contributed by atoms with van der Waals surface area (Å²) >= 11 is 0. The van der Waals surface area contributed by atoms with Crippen LogP contribution in [0.3, 0.4) is 0 Å². The van der Waals surface area contributed by atoms with Crippen molar-refractivity contribution >= 4 is 0 Å². The topological polar surface area (TPSA) is 69.0 Å². The monoisotopic (exact) mass is 493 g/mol. The fourth-order valence-electron chi connectivity index (χ4n) is 4.27. The molecule has 3 aromatic rings. The van der Waals surface area contributed by atoms with Crippen molar-refractivity contribution in [2.75, 3.05) is 26.9 Å². The predicted molar refractivity (Wildman–Crippen MR) is 141 cm³/mol. The minimum Gasteiger partial charge on any atom is -0.497 e. The molecule has 4 rings (SSSR count). The Morgan fingerprint density at radius 3 is 2.33 bits per heavy atom. The molecule has 0 radical (unpaired) electrons. The van der Waals surface area contributed by atoms with E-state index in [0.29, 0.717) is 44.1 Å². The molecule has 0 saturated heterocycles. The zero-order valence-electron chi connectivity index (χ0n) is 21.9. The van der Waals surface area contributed by atoms with Crippen LogP contribution in [-0.2, 0) is 17.7 Å². The fraction of sp³-hybridized carbons (Fsp3) is 0.483. The van der Waals surface area contributed by atoms with Gasteiger partial charge in [0, 0.05) is 25.7 Å². The van der Waals surface area contributed by atoms with Crippen molar-refractivity contribution < 1.29 is 19.3 Å². The Balaban J connectivity index is 1.63. The molecule has 36 heavy (non-hydrogen) atoms. The van der Waals surface area contributed by atoms with Crippen molar-refractivity contribution in [3.8, 4) is 23.1 Å². The molecule has 1 heterocycles. The Hall–Kier alpha value is -2.87. The normalized spacial score (nSPS) is 14.4. The lowest BCUT2D eigenvalue weighted by atomic mass is 10.1. The zero-order valence-corrected chi connectivity index (χ0v) is 21.9. The minimum atomic E-state index is -0.537. The maximum atomic E-state index is 10.7. The number of hydrogen-bond donors (Lipinski definition) is 1. The van der Waals surface area contributed by atoms with Gasteiger partial charge in [0.2, 0.25) is 5.88 Å². The van der Waals surface area contributed by atoms with Gasteiger partial charge in [-0.3, -0.25) is 4.90 Å². The number of aryl methyl sites for hydroxylation is 1. The van der Waals surface area contributed by atoms with Crippen LogP contribution in [0.2, 0.25) is 0 Å². The van der Waals surface area contributed by atoms with Crippen LogP contribution in [0, 0.1) is 5.92 Å². The van der Waals surface area contributed by atoms with Gasteiger partial charge >= 0.3 is 0 Å². The SMILES string of the molecule is CCc1nn(-c2ccccc2)c(Oc2ccc(OC)cc2)c1CN(CC(O)COCC(C)C)C1CC1. The van der Waals surface area contributed by atoms with E-state index in [1.807, 2.05) is 59.3 Å². The first-order valence-electron chi connectivity index (χ1n) is 13.0. The van der Waals surface area contributed by atoms with Crippen molar-refractivity contribution in [1.82, 2.24) is 14.7 Å². The van der Waals surface area contributed by atoms with E-state index in [1.54, 1.807) is 7.11 Å². The highest BCUT2D eigenvalue weighted by molar-refractivity contribution is 5.44. The summed E-state index contributed by atoms with van der Waals surface area (Å²) in [7, 11) is 1.65. The number of aliphatic hydroxyl groups is 1. The van der Waals surface area contributed by atoms with Gasteiger partial charge in [0.25, 0.3) is 0 Å². The van der Waals surface area contributed by atoms with Crippen molar-refractivity contribution in [1.29, 1.82) is 0 Å². The number of hydrogen-bond acceptors (Lipinski definition) is 6. The van der Waals surface area contributed by atoms with Gasteiger partial charge in [-0.25, -0.2) is 4.68 Å². The Morgan fingerprint density at radius 2 is 1.72 bits per heavy atom. The fourth-order valence-corrected chi connectivity index (χ4v) is 4.27. The van der Waals surface area contributed by atoms with Crippen molar-refractivity contribution in [3.05, 3.63) is 65.9 Å². The molecular weight excluding hydrogens is 454 g/mol. The summed E-state index contributed by atoms with van der Waals surface area (Å²) < 4.78 is 19.4. The number of benzene rings is 2. The van der Waals surface area contributed by atoms with E-state index in [1.165, 1.54) is 0 Å². The van der Waals surface area contributed by atoms with Crippen molar-refractivity contribution in [2.45, 2.75) is 58.7 Å². The number of rotatable bonds is 14. The first kappa shape index (κ1) is 26.2. The molecule has 7 nitrogen and oxygen atoms in total. The van der Waals surface area contributed by atoms with E-state index in [0.717, 1.165) is 47.7 Å². The van der Waals surface area contributed by atoms with E-state index in [9.17, 15) is 5.11 Å². The molecule has 1 aliphatic rings. The van der Waals surface area contributed by atoms with E-state index >= 15 is 0 Å². The van der Waals surface area contributed by atoms with Crippen LogP contribution in [0.25, 0.3) is 5.69 Å². The minimum absolute atomic E-state index is 0.348. The van der Waals surface area contributed by atoms with Gasteiger partial charge in [-0.15, -0.1) is 0 Å². The molecule has 1 N–H and O–H groups in total. The summed E-state index contributed by atoms with van der Waals surface area (Å²) in [4.78, 5) is 2.36. The van der Waals surface area contributed by atoms with Crippen molar-refractivity contribution in [2.24, 2.45) is 5.92 Å². The summed E-state index contributed by atoms with van der Waals surface area (Å²) in [5.41, 5.74) is 3.00. The van der Waals surface area contributed by atoms with Crippen LogP contribution >= 0.6 is 0 Å². The summed E-state index contributed by atoms with van der Waals surface area (Å²) in [6.45, 7) is 8.57. The highest BCUT2D eigenvalue weighted by Gasteiger charge is 2.33. The molecule has 2 aromatic carbocycles. The third kappa shape index (κ3) is 6.87. The van der Waals surface area contributed by atoms with Crippen LogP contribution in [0.5, 0.6) is 17.4 Å². The second-order valence-corrected chi connectivity index (χ2v) is 9.85. The molecule has 194 valence electrons. The number of methoxy groups -OCH3 is 1. The Bertz CT molecular complexity index is 1080. The number of nitrogens with zero attached hydrogens (tertiary/aromatic N) is 3. The smallest absolute Gasteiger partial charge is 0.227 e. The lowest BCUT2D eigenvalue weighted by Gasteiger charge is -2.25. The predicted octanol–water partition coefficient (Wildman–Crippen LogP) is 5.23. The first-order valence-corrected chi connectivity index (χ1v) is 13.0. The Labute approximate surface area is 214 Å². The molecule has 0 amide bonds. The van der Waals surface area contributed by atoms with Gasteiger partial charge in [0.15, 0.2) is 0 Å². The molecule has 1 fully saturated rings.